The van der Waals surface area contributed by atoms with Crippen molar-refractivity contribution in [2.75, 3.05) is 0 Å². The number of nitriles is 1. The van der Waals surface area contributed by atoms with Crippen LogP contribution in [-0.4, -0.2) is 18.0 Å². The largest absolute Gasteiger partial charge is 0 e. The van der Waals surface area contributed by atoms with E-state index in [9.17, 15) is 0 Å². The summed E-state index contributed by atoms with van der Waals surface area (Å²) in [6.07, 6.45) is 6.82. The van der Waals surface area contributed by atoms with Crippen LogP contribution in [-0.2, 0) is 40.5 Å². The minimum absolute atomic E-state index is 0. The zero-order chi connectivity index (χ0) is 16.6. The van der Waals surface area contributed by atoms with Gasteiger partial charge >= 0.3 is 33.9 Å². The maximum atomic E-state index is 8.27. The molecule has 0 aromatic heterocycles. The molecule has 0 aromatic carbocycles. The summed E-state index contributed by atoms with van der Waals surface area (Å²) in [5.74, 6) is -0.507. The molecule has 0 bridgehead atoms. The van der Waals surface area contributed by atoms with Gasteiger partial charge in [-0.05, 0) is 20.8 Å². The fourth-order valence-electron chi connectivity index (χ4n) is 1.43. The Hall–Kier alpha value is -1.37. The molecule has 0 aliphatic carbocycles. The van der Waals surface area contributed by atoms with Gasteiger partial charge in [0.25, 0.3) is 0 Å². The third kappa shape index (κ3) is 14.8. The van der Waals surface area contributed by atoms with Crippen LogP contribution in [0.3, 0.4) is 0 Å². The van der Waals surface area contributed by atoms with Crippen molar-refractivity contribution in [3.8, 4) is 6.07 Å². The summed E-state index contributed by atoms with van der Waals surface area (Å²) in [6, 6.07) is 1.92. The fourth-order valence-corrected chi connectivity index (χ4v) is 1.43. The minimum Gasteiger partial charge on any atom is 0 e. The zero-order valence-electron chi connectivity index (χ0n) is 11.8. The van der Waals surface area contributed by atoms with Gasteiger partial charge < -0.3 is 9.47 Å². The first-order valence-electron chi connectivity index (χ1n) is 5.25. The summed E-state index contributed by atoms with van der Waals surface area (Å²) < 4.78 is 33.7. The molecule has 0 spiro atoms. The molecule has 0 saturated carbocycles. The fraction of sp³-hybridized carbons (Fsp3) is 0.429. The average Bonchev–Trinajstić information content (AvgIpc) is 2.74. The Labute approximate surface area is 135 Å². The number of rotatable bonds is 2. The van der Waals surface area contributed by atoms with E-state index in [1.807, 2.05) is 32.9 Å². The SMILES string of the molecule is C[C@H]1OC(C)(C)O[C@H]1/C=C/C=C/C#N.[C-]#[O+].[C-]#[O+].[C-]#[O+].[Fe]. The molecule has 2 atom stereocenters. The molecule has 6 nitrogen and oxygen atoms in total. The van der Waals surface area contributed by atoms with E-state index in [0.29, 0.717) is 0 Å². The first-order chi connectivity index (χ1) is 9.55. The van der Waals surface area contributed by atoms with E-state index < -0.39 is 5.79 Å². The molecule has 114 valence electrons. The maximum Gasteiger partial charge on any atom is 0 e. The Morgan fingerprint density at radius 1 is 1.05 bits per heavy atom. The number of nitrogens with zero attached hydrogens (tertiary/aromatic N) is 1. The Morgan fingerprint density at radius 3 is 1.86 bits per heavy atom. The summed E-state index contributed by atoms with van der Waals surface area (Å²) >= 11 is 0. The molecule has 1 rings (SSSR count). The molecule has 1 saturated heterocycles. The van der Waals surface area contributed by atoms with Gasteiger partial charge in [-0.25, -0.2) is 0 Å². The Kier molecular flexibility index (Phi) is 24.7. The van der Waals surface area contributed by atoms with E-state index in [0.717, 1.165) is 0 Å². The molecule has 1 aliphatic rings. The molecule has 0 amide bonds. The molecule has 0 N–H and O–H groups in total. The van der Waals surface area contributed by atoms with Crippen LogP contribution in [0.15, 0.2) is 24.3 Å². The smallest absolute Gasteiger partial charge is 0 e. The molecule has 7 heteroatoms. The second-order valence-corrected chi connectivity index (χ2v) is 3.68. The van der Waals surface area contributed by atoms with Crippen LogP contribution in [0, 0.1) is 31.3 Å². The summed E-state index contributed by atoms with van der Waals surface area (Å²) in [7, 11) is 0. The molecule has 0 aromatic rings. The second-order valence-electron chi connectivity index (χ2n) is 3.68. The van der Waals surface area contributed by atoms with Crippen molar-refractivity contribution in [2.24, 2.45) is 0 Å². The number of ether oxygens (including phenoxy) is 2. The quantitative estimate of drug-likeness (QED) is 0.254. The van der Waals surface area contributed by atoms with Gasteiger partial charge in [-0.1, -0.05) is 18.2 Å². The first kappa shape index (κ1) is 27.9. The summed E-state index contributed by atoms with van der Waals surface area (Å²) in [5.41, 5.74) is 0. The normalized spacial score (nSPS) is 21.1. The van der Waals surface area contributed by atoms with Gasteiger partial charge in [0.2, 0.25) is 0 Å². The van der Waals surface area contributed by atoms with Crippen LogP contribution in [0.2, 0.25) is 0 Å². The monoisotopic (exact) mass is 333 g/mol. The van der Waals surface area contributed by atoms with Crippen molar-refractivity contribution in [1.82, 2.24) is 0 Å². The molecule has 21 heavy (non-hydrogen) atoms. The van der Waals surface area contributed by atoms with E-state index >= 15 is 0 Å². The topological polar surface area (TPSA) is 102 Å². The van der Waals surface area contributed by atoms with E-state index in [-0.39, 0.29) is 29.3 Å². The van der Waals surface area contributed by atoms with Crippen LogP contribution < -0.4 is 0 Å². The van der Waals surface area contributed by atoms with Gasteiger partial charge in [-0.15, -0.1) is 0 Å². The predicted octanol–water partition coefficient (Wildman–Crippen LogP) is 2.05. The van der Waals surface area contributed by atoms with Crippen molar-refractivity contribution in [1.29, 1.82) is 5.26 Å². The zero-order valence-corrected chi connectivity index (χ0v) is 12.9. The van der Waals surface area contributed by atoms with Crippen LogP contribution in [0.4, 0.5) is 0 Å². The Bertz CT molecular complexity index is 390. The Balaban J connectivity index is -0.000000183. The summed E-state index contributed by atoms with van der Waals surface area (Å²) in [5, 5.41) is 8.27. The van der Waals surface area contributed by atoms with Gasteiger partial charge in [0.05, 0.1) is 12.2 Å². The second kappa shape index (κ2) is 18.6. The Morgan fingerprint density at radius 2 is 1.52 bits per heavy atom. The third-order valence-corrected chi connectivity index (χ3v) is 1.93. The molecule has 1 fully saturated rings. The van der Waals surface area contributed by atoms with E-state index in [2.05, 4.69) is 20.0 Å². The van der Waals surface area contributed by atoms with E-state index in [1.165, 1.54) is 6.08 Å². The van der Waals surface area contributed by atoms with Gasteiger partial charge in [0.1, 0.15) is 6.10 Å². The van der Waals surface area contributed by atoms with Crippen LogP contribution in [0.1, 0.15) is 20.8 Å². The van der Waals surface area contributed by atoms with Crippen LogP contribution in [0.25, 0.3) is 0 Å². The van der Waals surface area contributed by atoms with Crippen molar-refractivity contribution >= 4 is 0 Å². The van der Waals surface area contributed by atoms with Crippen molar-refractivity contribution < 1.29 is 40.5 Å². The predicted molar refractivity (Wildman–Crippen MR) is 65.2 cm³/mol. The maximum absolute atomic E-state index is 8.27. The molecule has 1 heterocycles. The summed E-state index contributed by atoms with van der Waals surface area (Å²) in [6.45, 7) is 19.3. The van der Waals surface area contributed by atoms with Crippen molar-refractivity contribution in [3.63, 3.8) is 0 Å². The van der Waals surface area contributed by atoms with Crippen LogP contribution in [0.5, 0.6) is 0 Å². The number of allylic oxidation sites excluding steroid dienone is 3. The summed E-state index contributed by atoms with van der Waals surface area (Å²) in [4.78, 5) is 0. The standard InChI is InChI=1S/C11H15NO2.3CO.Fe/c1-9-10(7-5-4-6-8-12)14-11(2,3)13-9;3*1-2;/h4-7,9-10H,1-3H3;;;;/b6-4+,7-5+;;;;/t9-,10+;;;;/m1..../s1. The third-order valence-electron chi connectivity index (χ3n) is 1.93. The van der Waals surface area contributed by atoms with Crippen molar-refractivity contribution in [2.45, 2.75) is 38.8 Å². The first-order valence-corrected chi connectivity index (χ1v) is 5.25. The number of hydrogen-bond donors (Lipinski definition) is 0. The van der Waals surface area contributed by atoms with Crippen LogP contribution >= 0.6 is 0 Å². The molecule has 1 aliphatic heterocycles. The molecule has 0 radical (unpaired) electrons. The van der Waals surface area contributed by atoms with E-state index in [4.69, 9.17) is 28.7 Å². The van der Waals surface area contributed by atoms with Crippen molar-refractivity contribution in [3.05, 3.63) is 44.3 Å². The van der Waals surface area contributed by atoms with E-state index in [1.54, 1.807) is 12.2 Å². The average molecular weight is 333 g/mol. The molecular formula is C14H15FeNO5. The molecular weight excluding hydrogens is 318 g/mol. The minimum atomic E-state index is -0.507. The van der Waals surface area contributed by atoms with Gasteiger partial charge in [0, 0.05) is 23.1 Å². The van der Waals surface area contributed by atoms with Gasteiger partial charge in [-0.3, -0.25) is 0 Å². The molecule has 0 unspecified atom stereocenters. The number of hydrogen-bond acceptors (Lipinski definition) is 3. The van der Waals surface area contributed by atoms with Gasteiger partial charge in [-0.2, -0.15) is 5.26 Å². The van der Waals surface area contributed by atoms with Gasteiger partial charge in [0.15, 0.2) is 5.79 Å².